The Morgan fingerprint density at radius 2 is 1.84 bits per heavy atom. The van der Waals surface area contributed by atoms with Crippen molar-refractivity contribution in [3.8, 4) is 5.75 Å². The third-order valence-corrected chi connectivity index (χ3v) is 7.47. The number of carbonyl (C=O) groups is 1. The lowest BCUT2D eigenvalue weighted by atomic mass is 9.69. The van der Waals surface area contributed by atoms with E-state index in [1.807, 2.05) is 18.2 Å². The zero-order valence-electron chi connectivity index (χ0n) is 21.0. The molecule has 1 saturated carbocycles. The van der Waals surface area contributed by atoms with Gasteiger partial charge in [0.2, 0.25) is 0 Å². The van der Waals surface area contributed by atoms with Crippen LogP contribution in [0.2, 0.25) is 0 Å². The molecule has 2 bridgehead atoms. The van der Waals surface area contributed by atoms with E-state index in [0.717, 1.165) is 31.2 Å². The second-order valence-electron chi connectivity index (χ2n) is 9.79. The van der Waals surface area contributed by atoms with Gasteiger partial charge in [-0.15, -0.1) is 0 Å². The Morgan fingerprint density at radius 3 is 2.54 bits per heavy atom. The molecule has 7 heteroatoms. The van der Waals surface area contributed by atoms with Gasteiger partial charge in [0.1, 0.15) is 30.1 Å². The van der Waals surface area contributed by atoms with E-state index in [4.69, 9.17) is 14.2 Å². The Bertz CT molecular complexity index is 1080. The molecule has 4 rings (SSSR count). The van der Waals surface area contributed by atoms with Gasteiger partial charge in [-0.05, 0) is 73.6 Å². The molecule has 198 valence electrons. The summed E-state index contributed by atoms with van der Waals surface area (Å²) in [5.74, 6) is -0.0585. The summed E-state index contributed by atoms with van der Waals surface area (Å²) < 4.78 is 43.2. The molecule has 1 aliphatic carbocycles. The molecule has 5 nitrogen and oxygen atoms in total. The highest BCUT2D eigenvalue weighted by atomic mass is 19.1. The highest BCUT2D eigenvalue weighted by Gasteiger charge is 2.58. The number of hydrogen-bond donors (Lipinski definition) is 1. The molecular formula is C30H34F2O5. The van der Waals surface area contributed by atoms with Gasteiger partial charge in [0.05, 0.1) is 19.8 Å². The van der Waals surface area contributed by atoms with Crippen LogP contribution in [0.3, 0.4) is 0 Å². The second-order valence-corrected chi connectivity index (χ2v) is 9.79. The van der Waals surface area contributed by atoms with Crippen molar-refractivity contribution >= 4 is 5.97 Å². The number of benzene rings is 2. The molecule has 0 amide bonds. The van der Waals surface area contributed by atoms with Gasteiger partial charge in [0.15, 0.2) is 0 Å². The first kappa shape index (κ1) is 27.0. The average Bonchev–Trinajstić information content (AvgIpc) is 3.47. The van der Waals surface area contributed by atoms with Crippen LogP contribution in [0.15, 0.2) is 72.8 Å². The van der Waals surface area contributed by atoms with Crippen LogP contribution >= 0.6 is 0 Å². The highest BCUT2D eigenvalue weighted by Crippen LogP contribution is 2.57. The van der Waals surface area contributed by atoms with Crippen LogP contribution in [0.5, 0.6) is 5.75 Å². The number of carbonyl (C=O) groups excluding carboxylic acids is 1. The summed E-state index contributed by atoms with van der Waals surface area (Å²) in [7, 11) is 1.39. The molecule has 2 aromatic carbocycles. The third kappa shape index (κ3) is 6.65. The van der Waals surface area contributed by atoms with Crippen LogP contribution in [-0.2, 0) is 19.7 Å². The molecule has 0 radical (unpaired) electrons. The molecule has 2 aromatic rings. The van der Waals surface area contributed by atoms with E-state index < -0.39 is 6.10 Å². The number of esters is 1. The van der Waals surface area contributed by atoms with Crippen molar-refractivity contribution in [2.24, 2.45) is 11.8 Å². The van der Waals surface area contributed by atoms with Crippen LogP contribution < -0.4 is 4.74 Å². The van der Waals surface area contributed by atoms with Gasteiger partial charge in [-0.1, -0.05) is 36.4 Å². The van der Waals surface area contributed by atoms with Gasteiger partial charge in [-0.3, -0.25) is 4.79 Å². The lowest BCUT2D eigenvalue weighted by Gasteiger charge is -2.38. The summed E-state index contributed by atoms with van der Waals surface area (Å²) in [5.41, 5.74) is 0.829. The van der Waals surface area contributed by atoms with Crippen molar-refractivity contribution < 1.29 is 32.9 Å². The van der Waals surface area contributed by atoms with Crippen LogP contribution in [-0.4, -0.2) is 43.6 Å². The summed E-state index contributed by atoms with van der Waals surface area (Å²) in [4.78, 5) is 11.3. The number of aliphatic hydroxyl groups is 1. The summed E-state index contributed by atoms with van der Waals surface area (Å²) in [6.07, 6.45) is 10.7. The van der Waals surface area contributed by atoms with Gasteiger partial charge in [0, 0.05) is 17.8 Å². The Balaban J connectivity index is 1.44. The summed E-state index contributed by atoms with van der Waals surface area (Å²) >= 11 is 0. The van der Waals surface area contributed by atoms with E-state index in [0.29, 0.717) is 18.8 Å². The van der Waals surface area contributed by atoms with Crippen molar-refractivity contribution in [2.45, 2.75) is 49.7 Å². The van der Waals surface area contributed by atoms with Crippen LogP contribution in [0.1, 0.15) is 37.7 Å². The fourth-order valence-electron chi connectivity index (χ4n) is 5.56. The lowest BCUT2D eigenvalue weighted by molar-refractivity contribution is -0.140. The van der Waals surface area contributed by atoms with E-state index in [1.165, 1.54) is 43.5 Å². The minimum absolute atomic E-state index is 0.00393. The number of methoxy groups -OCH3 is 1. The molecule has 1 heterocycles. The van der Waals surface area contributed by atoms with Gasteiger partial charge in [0.25, 0.3) is 0 Å². The molecule has 1 N–H and O–H groups in total. The average molecular weight is 513 g/mol. The number of halogens is 2. The molecule has 2 aliphatic rings. The molecule has 2 fully saturated rings. The maximum absolute atomic E-state index is 13.7. The van der Waals surface area contributed by atoms with Crippen molar-refractivity contribution in [3.63, 3.8) is 0 Å². The Kier molecular flexibility index (Phi) is 9.11. The predicted octanol–water partition coefficient (Wildman–Crippen LogP) is 5.52. The van der Waals surface area contributed by atoms with E-state index in [9.17, 15) is 18.7 Å². The fraction of sp³-hybridized carbons (Fsp3) is 0.433. The van der Waals surface area contributed by atoms with Gasteiger partial charge < -0.3 is 19.3 Å². The van der Waals surface area contributed by atoms with Crippen molar-refractivity contribution in [3.05, 3.63) is 90.0 Å². The SMILES string of the molecule is COC(=O)CCC/C=C\C[C@H]1[C@H](/C=C/[C@@H](O)COc2ccc(F)cc2)[C@@H]2C[C@@]1(c1ccc(F)cc1)CO2. The maximum atomic E-state index is 13.7. The number of aliphatic hydroxyl groups excluding tert-OH is 1. The molecule has 37 heavy (non-hydrogen) atoms. The maximum Gasteiger partial charge on any atom is 0.305 e. The second kappa shape index (κ2) is 12.5. The number of ether oxygens (including phenoxy) is 3. The predicted molar refractivity (Wildman–Crippen MR) is 136 cm³/mol. The molecule has 0 unspecified atom stereocenters. The first-order chi connectivity index (χ1) is 17.9. The molecule has 1 aliphatic heterocycles. The highest BCUT2D eigenvalue weighted by molar-refractivity contribution is 5.69. The molecule has 0 spiro atoms. The van der Waals surface area contributed by atoms with Crippen LogP contribution in [0.25, 0.3) is 0 Å². The topological polar surface area (TPSA) is 65.0 Å². The lowest BCUT2D eigenvalue weighted by Crippen LogP contribution is -2.39. The van der Waals surface area contributed by atoms with E-state index >= 15 is 0 Å². The first-order valence-electron chi connectivity index (χ1n) is 12.8. The molecule has 0 aromatic heterocycles. The normalized spacial score (nSPS) is 25.7. The minimum atomic E-state index is -0.833. The summed E-state index contributed by atoms with van der Waals surface area (Å²) in [5, 5.41) is 10.5. The molecule has 1 saturated heterocycles. The Hall–Kier alpha value is -3.03. The van der Waals surface area contributed by atoms with Crippen molar-refractivity contribution in [1.29, 1.82) is 0 Å². The standard InChI is InChI=1S/C30H34F2O5/c1-35-29(34)7-5-3-2-4-6-27-26(17-14-24(33)19-36-25-15-12-23(32)13-16-25)28-18-30(27,20-37-28)21-8-10-22(31)11-9-21/h2,4,8-17,24,26-28,33H,3,5-7,18-20H2,1H3/b4-2-,17-14+/t24-,26+,27+,28+,30+/m1/s1. The first-order valence-corrected chi connectivity index (χ1v) is 12.8. The zero-order chi connectivity index (χ0) is 26.3. The number of fused-ring (bicyclic) bond motifs is 2. The van der Waals surface area contributed by atoms with Gasteiger partial charge in [-0.25, -0.2) is 8.78 Å². The summed E-state index contributed by atoms with van der Waals surface area (Å²) in [6, 6.07) is 12.4. The van der Waals surface area contributed by atoms with E-state index in [-0.39, 0.29) is 47.6 Å². The van der Waals surface area contributed by atoms with Crippen molar-refractivity contribution in [2.75, 3.05) is 20.3 Å². The third-order valence-electron chi connectivity index (χ3n) is 7.47. The monoisotopic (exact) mass is 512 g/mol. The summed E-state index contributed by atoms with van der Waals surface area (Å²) in [6.45, 7) is 0.624. The van der Waals surface area contributed by atoms with Gasteiger partial charge in [-0.2, -0.15) is 0 Å². The Morgan fingerprint density at radius 1 is 1.14 bits per heavy atom. The van der Waals surface area contributed by atoms with Gasteiger partial charge >= 0.3 is 5.97 Å². The largest absolute Gasteiger partial charge is 0.491 e. The smallest absolute Gasteiger partial charge is 0.305 e. The quantitative estimate of drug-likeness (QED) is 0.230. The fourth-order valence-corrected chi connectivity index (χ4v) is 5.56. The van der Waals surface area contributed by atoms with Crippen LogP contribution in [0, 0.1) is 23.5 Å². The minimum Gasteiger partial charge on any atom is -0.491 e. The number of allylic oxidation sites excluding steroid dienone is 2. The number of rotatable bonds is 12. The number of hydrogen-bond acceptors (Lipinski definition) is 5. The zero-order valence-corrected chi connectivity index (χ0v) is 21.0. The van der Waals surface area contributed by atoms with E-state index in [2.05, 4.69) is 12.2 Å². The molecule has 5 atom stereocenters. The molecular weight excluding hydrogens is 478 g/mol. The van der Waals surface area contributed by atoms with Crippen LogP contribution in [0.4, 0.5) is 8.78 Å². The van der Waals surface area contributed by atoms with Crippen molar-refractivity contribution in [1.82, 2.24) is 0 Å². The van der Waals surface area contributed by atoms with E-state index in [1.54, 1.807) is 6.08 Å². The Labute approximate surface area is 216 Å². The number of unbranched alkanes of at least 4 members (excludes halogenated alkanes) is 1.